The molecule has 0 amide bonds. The minimum atomic E-state index is 0.455. The summed E-state index contributed by atoms with van der Waals surface area (Å²) in [6.07, 6.45) is 0.977. The Morgan fingerprint density at radius 2 is 2.08 bits per heavy atom. The van der Waals surface area contributed by atoms with E-state index in [0.29, 0.717) is 37.4 Å². The number of ether oxygens (including phenoxy) is 1. The third kappa shape index (κ3) is 6.10. The van der Waals surface area contributed by atoms with Crippen LogP contribution in [0.25, 0.3) is 0 Å². The summed E-state index contributed by atoms with van der Waals surface area (Å²) in [5, 5.41) is 10.3. The Balaban J connectivity index is 2.04. The van der Waals surface area contributed by atoms with Gasteiger partial charge in [0.25, 0.3) is 0 Å². The predicted octanol–water partition coefficient (Wildman–Crippen LogP) is 2.73. The smallest absolute Gasteiger partial charge is 0.223 e. The molecule has 0 aliphatic heterocycles. The standard InChI is InChI=1S/C18H27N5O2/c1-5-9-24-16-10-13(3)7-8-15(16)11-20-18(19-6-2)21-12-17-22-14(4)25-23-17/h7-8,10H,5-6,9,11-12H2,1-4H3,(H2,19,20,21). The first kappa shape index (κ1) is 18.8. The van der Waals surface area contributed by atoms with Crippen LogP contribution in [0.4, 0.5) is 0 Å². The lowest BCUT2D eigenvalue weighted by molar-refractivity contribution is 0.314. The summed E-state index contributed by atoms with van der Waals surface area (Å²) in [6, 6.07) is 6.20. The second-order valence-corrected chi connectivity index (χ2v) is 5.74. The van der Waals surface area contributed by atoms with Gasteiger partial charge in [0.2, 0.25) is 5.89 Å². The molecular formula is C18H27N5O2. The summed E-state index contributed by atoms with van der Waals surface area (Å²) in [5.41, 5.74) is 2.24. The molecule has 1 aromatic carbocycles. The lowest BCUT2D eigenvalue weighted by Gasteiger charge is -2.12. The Morgan fingerprint density at radius 3 is 2.76 bits per heavy atom. The Labute approximate surface area is 148 Å². The Bertz CT molecular complexity index is 697. The van der Waals surface area contributed by atoms with Gasteiger partial charge in [0.1, 0.15) is 5.75 Å². The van der Waals surface area contributed by atoms with E-state index in [1.54, 1.807) is 6.92 Å². The number of aromatic nitrogens is 2. The first-order chi connectivity index (χ1) is 12.1. The van der Waals surface area contributed by atoms with Gasteiger partial charge in [-0.1, -0.05) is 24.2 Å². The molecule has 0 saturated carbocycles. The average molecular weight is 345 g/mol. The minimum absolute atomic E-state index is 0.455. The number of benzene rings is 1. The molecule has 0 radical (unpaired) electrons. The number of aryl methyl sites for hydroxylation is 2. The maximum atomic E-state index is 5.85. The number of aliphatic imine (C=N–C) groups is 1. The van der Waals surface area contributed by atoms with Crippen LogP contribution in [0.15, 0.2) is 27.7 Å². The van der Waals surface area contributed by atoms with Gasteiger partial charge in [0.05, 0.1) is 19.7 Å². The number of guanidine groups is 1. The zero-order valence-corrected chi connectivity index (χ0v) is 15.4. The van der Waals surface area contributed by atoms with Crippen molar-refractivity contribution >= 4 is 5.96 Å². The van der Waals surface area contributed by atoms with Gasteiger partial charge in [-0.15, -0.1) is 0 Å². The van der Waals surface area contributed by atoms with Crippen LogP contribution in [0.1, 0.15) is 43.1 Å². The van der Waals surface area contributed by atoms with Crippen molar-refractivity contribution in [2.24, 2.45) is 4.99 Å². The SMILES string of the molecule is CCCOc1cc(C)ccc1CN=C(NCC)NCc1noc(C)n1. The second-order valence-electron chi connectivity index (χ2n) is 5.74. The van der Waals surface area contributed by atoms with Crippen LogP contribution < -0.4 is 15.4 Å². The molecule has 0 saturated heterocycles. The van der Waals surface area contributed by atoms with Gasteiger partial charge >= 0.3 is 0 Å². The molecule has 2 aromatic rings. The molecule has 0 fully saturated rings. The van der Waals surface area contributed by atoms with Crippen LogP contribution in [0.5, 0.6) is 5.75 Å². The van der Waals surface area contributed by atoms with Crippen molar-refractivity contribution in [2.45, 2.75) is 47.2 Å². The van der Waals surface area contributed by atoms with Crippen molar-refractivity contribution in [1.29, 1.82) is 0 Å². The van der Waals surface area contributed by atoms with Gasteiger partial charge in [-0.2, -0.15) is 4.98 Å². The fraction of sp³-hybridized carbons (Fsp3) is 0.500. The largest absolute Gasteiger partial charge is 0.493 e. The molecule has 0 aliphatic rings. The lowest BCUT2D eigenvalue weighted by Crippen LogP contribution is -2.37. The minimum Gasteiger partial charge on any atom is -0.493 e. The molecule has 0 aliphatic carbocycles. The molecule has 0 unspecified atom stereocenters. The average Bonchev–Trinajstić information content (AvgIpc) is 3.02. The lowest BCUT2D eigenvalue weighted by atomic mass is 10.1. The van der Waals surface area contributed by atoms with Crippen LogP contribution in [0, 0.1) is 13.8 Å². The van der Waals surface area contributed by atoms with Crippen LogP contribution >= 0.6 is 0 Å². The highest BCUT2D eigenvalue weighted by atomic mass is 16.5. The van der Waals surface area contributed by atoms with E-state index in [9.17, 15) is 0 Å². The second kappa shape index (κ2) is 9.66. The Hall–Kier alpha value is -2.57. The molecular weight excluding hydrogens is 318 g/mol. The number of hydrogen-bond acceptors (Lipinski definition) is 5. The maximum Gasteiger partial charge on any atom is 0.223 e. The van der Waals surface area contributed by atoms with Crippen molar-refractivity contribution in [3.63, 3.8) is 0 Å². The molecule has 136 valence electrons. The number of hydrogen-bond donors (Lipinski definition) is 2. The molecule has 1 aromatic heterocycles. The third-order valence-corrected chi connectivity index (χ3v) is 3.42. The van der Waals surface area contributed by atoms with Crippen LogP contribution in [-0.4, -0.2) is 29.3 Å². The zero-order valence-electron chi connectivity index (χ0n) is 15.4. The number of nitrogens with zero attached hydrogens (tertiary/aromatic N) is 3. The van der Waals surface area contributed by atoms with Crippen LogP contribution in [0.2, 0.25) is 0 Å². The highest BCUT2D eigenvalue weighted by Gasteiger charge is 2.06. The summed E-state index contributed by atoms with van der Waals surface area (Å²) in [6.45, 7) is 10.4. The van der Waals surface area contributed by atoms with E-state index in [-0.39, 0.29) is 0 Å². The van der Waals surface area contributed by atoms with E-state index in [0.717, 1.165) is 24.3 Å². The third-order valence-electron chi connectivity index (χ3n) is 3.42. The molecule has 2 rings (SSSR count). The zero-order chi connectivity index (χ0) is 18.1. The van der Waals surface area contributed by atoms with Gasteiger partial charge in [-0.05, 0) is 31.9 Å². The summed E-state index contributed by atoms with van der Waals surface area (Å²) in [5.74, 6) is 2.75. The molecule has 25 heavy (non-hydrogen) atoms. The number of rotatable bonds is 8. The van der Waals surface area contributed by atoms with Crippen molar-refractivity contribution < 1.29 is 9.26 Å². The summed E-state index contributed by atoms with van der Waals surface area (Å²) < 4.78 is 10.8. The van der Waals surface area contributed by atoms with E-state index in [1.165, 1.54) is 5.56 Å². The van der Waals surface area contributed by atoms with Gasteiger partial charge in [-0.3, -0.25) is 0 Å². The van der Waals surface area contributed by atoms with Crippen molar-refractivity contribution in [3.8, 4) is 5.75 Å². The number of nitrogens with one attached hydrogen (secondary N) is 2. The molecule has 7 heteroatoms. The quantitative estimate of drug-likeness (QED) is 0.565. The normalized spacial score (nSPS) is 11.4. The summed E-state index contributed by atoms with van der Waals surface area (Å²) in [7, 11) is 0. The first-order valence-electron chi connectivity index (χ1n) is 8.66. The topological polar surface area (TPSA) is 84.6 Å². The molecule has 0 bridgehead atoms. The fourth-order valence-corrected chi connectivity index (χ4v) is 2.22. The van der Waals surface area contributed by atoms with E-state index in [1.807, 2.05) is 6.92 Å². The molecule has 1 heterocycles. The van der Waals surface area contributed by atoms with Gasteiger partial charge in [0, 0.05) is 19.0 Å². The highest BCUT2D eigenvalue weighted by molar-refractivity contribution is 5.79. The molecule has 0 atom stereocenters. The Kier molecular flexibility index (Phi) is 7.25. The van der Waals surface area contributed by atoms with E-state index in [2.05, 4.69) is 57.8 Å². The molecule has 0 spiro atoms. The van der Waals surface area contributed by atoms with Crippen molar-refractivity contribution in [3.05, 3.63) is 41.0 Å². The van der Waals surface area contributed by atoms with Gasteiger partial charge in [0.15, 0.2) is 11.8 Å². The van der Waals surface area contributed by atoms with Crippen molar-refractivity contribution in [1.82, 2.24) is 20.8 Å². The van der Waals surface area contributed by atoms with Crippen LogP contribution in [0.3, 0.4) is 0 Å². The predicted molar refractivity (Wildman–Crippen MR) is 97.7 cm³/mol. The Morgan fingerprint density at radius 1 is 1.24 bits per heavy atom. The molecule has 7 nitrogen and oxygen atoms in total. The van der Waals surface area contributed by atoms with E-state index < -0.39 is 0 Å². The summed E-state index contributed by atoms with van der Waals surface area (Å²) >= 11 is 0. The monoisotopic (exact) mass is 345 g/mol. The fourth-order valence-electron chi connectivity index (χ4n) is 2.22. The van der Waals surface area contributed by atoms with Crippen molar-refractivity contribution in [2.75, 3.05) is 13.2 Å². The first-order valence-corrected chi connectivity index (χ1v) is 8.66. The van der Waals surface area contributed by atoms with Gasteiger partial charge < -0.3 is 19.9 Å². The van der Waals surface area contributed by atoms with E-state index >= 15 is 0 Å². The van der Waals surface area contributed by atoms with E-state index in [4.69, 9.17) is 9.26 Å². The highest BCUT2D eigenvalue weighted by Crippen LogP contribution is 2.21. The van der Waals surface area contributed by atoms with Crippen LogP contribution in [-0.2, 0) is 13.1 Å². The maximum absolute atomic E-state index is 5.85. The summed E-state index contributed by atoms with van der Waals surface area (Å²) in [4.78, 5) is 8.81. The molecule has 2 N–H and O–H groups in total. The van der Waals surface area contributed by atoms with Gasteiger partial charge in [-0.25, -0.2) is 4.99 Å².